The molecule has 0 amide bonds. The molecule has 1 aliphatic carbocycles. The summed E-state index contributed by atoms with van der Waals surface area (Å²) in [4.78, 5) is 0. The van der Waals surface area contributed by atoms with Crippen LogP contribution in [0.4, 0.5) is 0 Å². The topological polar surface area (TPSA) is 21.3 Å². The molecule has 0 bridgehead atoms. The summed E-state index contributed by atoms with van der Waals surface area (Å²) < 4.78 is 9.05. The summed E-state index contributed by atoms with van der Waals surface area (Å²) in [6, 6.07) is 0. The molecule has 3 aliphatic rings. The van der Waals surface area contributed by atoms with Crippen LogP contribution in [0.3, 0.4) is 0 Å². The van der Waals surface area contributed by atoms with Crippen molar-refractivity contribution in [1.29, 1.82) is 0 Å². The van der Waals surface area contributed by atoms with Crippen molar-refractivity contribution < 1.29 is 75.9 Å². The first-order valence-electron chi connectivity index (χ1n) is 5.78. The molecule has 0 aromatic heterocycles. The van der Waals surface area contributed by atoms with Crippen LogP contribution in [-0.4, -0.2) is 26.7 Å². The van der Waals surface area contributed by atoms with Gasteiger partial charge in [0.05, 0.1) is 0 Å². The molecule has 1 spiro atoms. The van der Waals surface area contributed by atoms with E-state index in [4.69, 9.17) is 4.74 Å². The molecule has 1 saturated heterocycles. The van der Waals surface area contributed by atoms with Gasteiger partial charge in [-0.15, -0.1) is 0 Å². The van der Waals surface area contributed by atoms with Gasteiger partial charge < -0.3 is 0 Å². The van der Waals surface area contributed by atoms with Gasteiger partial charge in [-0.25, -0.2) is 0 Å². The van der Waals surface area contributed by atoms with Crippen molar-refractivity contribution in [3.8, 4) is 0 Å². The van der Waals surface area contributed by atoms with Crippen molar-refractivity contribution in [3.63, 3.8) is 0 Å². The van der Waals surface area contributed by atoms with Crippen LogP contribution in [0.2, 0.25) is 0 Å². The molecule has 0 saturated carbocycles. The molecule has 0 unspecified atom stereocenters. The number of nitrogens with one attached hydrogen (secondary N) is 1. The average molecular weight is 923 g/mol. The van der Waals surface area contributed by atoms with E-state index in [-0.39, 0.29) is 5.60 Å². The molecule has 1 fully saturated rings. The van der Waals surface area contributed by atoms with Gasteiger partial charge in [-0.2, -0.15) is 0 Å². The Labute approximate surface area is 148 Å². The molecule has 18 heavy (non-hydrogen) atoms. The molecule has 2 aliphatic heterocycles. The van der Waals surface area contributed by atoms with Crippen LogP contribution in [0.15, 0.2) is 23.3 Å². The normalized spacial score (nSPS) is 24.9. The fraction of sp³-hybridized carbons (Fsp3) is 0.500. The van der Waals surface area contributed by atoms with E-state index >= 15 is 0 Å². The summed E-state index contributed by atoms with van der Waals surface area (Å²) in [7, 11) is 0. The van der Waals surface area contributed by atoms with Gasteiger partial charge >= 0.3 is 150 Å². The second-order valence-corrected chi connectivity index (χ2v) is 7.26. The minimum atomic E-state index is 0.0175. The van der Waals surface area contributed by atoms with Gasteiger partial charge in [-0.05, 0) is 0 Å². The molecule has 0 radical (unpaired) electrons. The number of piperidine rings is 1. The summed E-state index contributed by atoms with van der Waals surface area (Å²) in [6.07, 6.45) is 7.98. The van der Waals surface area contributed by atoms with Gasteiger partial charge in [-0.1, -0.05) is 0 Å². The molecule has 0 aromatic carbocycles. The molecule has 3 rings (SSSR count). The van der Waals surface area contributed by atoms with Crippen molar-refractivity contribution in [2.24, 2.45) is 0 Å². The zero-order valence-electron chi connectivity index (χ0n) is 9.73. The van der Waals surface area contributed by atoms with Gasteiger partial charge in [0.25, 0.3) is 0 Å². The van der Waals surface area contributed by atoms with Crippen LogP contribution in [0.25, 0.3) is 0 Å². The van der Waals surface area contributed by atoms with Crippen LogP contribution < -0.4 is 5.32 Å². The molecule has 96 valence electrons. The van der Waals surface area contributed by atoms with Crippen LogP contribution >= 0.6 is 0 Å². The van der Waals surface area contributed by atoms with E-state index in [1.807, 2.05) is 0 Å². The fourth-order valence-corrected chi connectivity index (χ4v) is 4.61. The molecule has 2 heterocycles. The van der Waals surface area contributed by atoms with Crippen LogP contribution in [-0.2, 0) is 75.9 Å². The average Bonchev–Trinajstić information content (AvgIpc) is 2.90. The van der Waals surface area contributed by atoms with Crippen LogP contribution in [0.5, 0.6) is 0 Å². The van der Waals surface area contributed by atoms with E-state index in [2.05, 4.69) is 17.5 Å². The summed E-state index contributed by atoms with van der Waals surface area (Å²) >= 11 is 6.37. The van der Waals surface area contributed by atoms with Crippen molar-refractivity contribution in [1.82, 2.24) is 5.32 Å². The van der Waals surface area contributed by atoms with Gasteiger partial charge in [0.15, 0.2) is 0 Å². The first-order valence-corrected chi connectivity index (χ1v) is 19.7. The fourth-order valence-electron chi connectivity index (χ4n) is 2.75. The van der Waals surface area contributed by atoms with Crippen molar-refractivity contribution >= 4 is 7.98 Å². The Morgan fingerprint density at radius 3 is 2.50 bits per heavy atom. The molecule has 0 atom stereocenters. The predicted molar refractivity (Wildman–Crippen MR) is 56.7 cm³/mol. The van der Waals surface area contributed by atoms with E-state index in [0.29, 0.717) is 0 Å². The monoisotopic (exact) mass is 923 g/mol. The third kappa shape index (κ3) is 3.05. The maximum atomic E-state index is 6.33. The van der Waals surface area contributed by atoms with Gasteiger partial charge in [-0.3, -0.25) is 0 Å². The Bertz CT molecular complexity index is 449. The van der Waals surface area contributed by atoms with E-state index < -0.39 is 0 Å². The van der Waals surface area contributed by atoms with Crippen molar-refractivity contribution in [2.45, 2.75) is 24.9 Å². The summed E-state index contributed by atoms with van der Waals surface area (Å²) in [5.41, 5.74) is 3.08. The quantitative estimate of drug-likeness (QED) is 0.389. The van der Waals surface area contributed by atoms with Crippen LogP contribution in [0.1, 0.15) is 19.3 Å². The zero-order chi connectivity index (χ0) is 13.2. The van der Waals surface area contributed by atoms with Crippen LogP contribution in [0, 0.1) is 0 Å². The third-order valence-electron chi connectivity index (χ3n) is 3.58. The number of fused-ring (bicyclic) bond motifs is 1. The number of hydrogen-bond donors (Lipinski definition) is 1. The van der Waals surface area contributed by atoms with Crippen molar-refractivity contribution in [3.05, 3.63) is 23.3 Å². The van der Waals surface area contributed by atoms with E-state index in [0.717, 1.165) is 32.4 Å². The Morgan fingerprint density at radius 2 is 1.83 bits per heavy atom. The van der Waals surface area contributed by atoms with E-state index in [1.54, 1.807) is 57.4 Å². The Kier molecular flexibility index (Phi) is 6.55. The van der Waals surface area contributed by atoms with Gasteiger partial charge in [0, 0.05) is 0 Å². The number of hydrogen-bond acceptors (Lipinski definition) is 2. The number of rotatable bonds is 0. The standard InChI is InChI=1S/C12H13NO.4W/c1-2-10-4-9-14-12(11(10)3-1)5-7-13-8-6-12;;;;/h1,3,13H,2,5-8H2;;;;. The number of ether oxygens (including phenoxy) is 1. The Morgan fingerprint density at radius 1 is 1.17 bits per heavy atom. The molecule has 6 heteroatoms. The van der Waals surface area contributed by atoms with E-state index in [9.17, 15) is 0 Å². The minimum absolute atomic E-state index is 0.0175. The molecule has 0 aromatic rings. The second kappa shape index (κ2) is 7.25. The Hall–Kier alpha value is 1.89. The second-order valence-electron chi connectivity index (χ2n) is 4.46. The van der Waals surface area contributed by atoms with Gasteiger partial charge in [0.1, 0.15) is 0 Å². The predicted octanol–water partition coefficient (Wildman–Crippen LogP) is 0.786. The SMILES string of the molecule is [W]=[C]1OC2(CCNCC2)C2=C(CC=C2)[C]1=[W].[W]=[W]. The molecule has 2 nitrogen and oxygen atoms in total. The molecular formula is C12H13NOW4. The molecular weight excluding hydrogens is 909 g/mol. The summed E-state index contributed by atoms with van der Waals surface area (Å²) in [5, 5.41) is 3.43. The summed E-state index contributed by atoms with van der Waals surface area (Å²) in [5.74, 6) is 0. The molecule has 1 N–H and O–H groups in total. The zero-order valence-corrected chi connectivity index (χ0v) is 21.5. The maximum absolute atomic E-state index is 6.33. The number of allylic oxidation sites excluding steroid dienone is 1. The third-order valence-corrected chi connectivity index (χ3v) is 8.18. The van der Waals surface area contributed by atoms with Gasteiger partial charge in [0.2, 0.25) is 0 Å². The first kappa shape index (κ1) is 16.3. The Balaban J connectivity index is 0.000000574. The first-order chi connectivity index (χ1) is 8.73. The summed E-state index contributed by atoms with van der Waals surface area (Å²) in [6.45, 7) is 2.16. The van der Waals surface area contributed by atoms with E-state index in [1.165, 1.54) is 32.9 Å². The van der Waals surface area contributed by atoms with Crippen molar-refractivity contribution in [2.75, 3.05) is 13.1 Å².